The molecule has 1 saturated carbocycles. The average molecular weight is 433 g/mol. The second-order valence-corrected chi connectivity index (χ2v) is 8.11. The van der Waals surface area contributed by atoms with Gasteiger partial charge in [0.1, 0.15) is 11.4 Å². The fraction of sp³-hybridized carbons (Fsp3) is 0.320. The second-order valence-electron chi connectivity index (χ2n) is 8.11. The molecule has 0 saturated heterocycles. The van der Waals surface area contributed by atoms with Crippen molar-refractivity contribution in [3.05, 3.63) is 70.9 Å². The van der Waals surface area contributed by atoms with Gasteiger partial charge in [-0.25, -0.2) is 0 Å². The van der Waals surface area contributed by atoms with Crippen molar-refractivity contribution in [1.29, 1.82) is 0 Å². The lowest BCUT2D eigenvalue weighted by Gasteiger charge is -2.12. The van der Waals surface area contributed by atoms with Gasteiger partial charge in [0.15, 0.2) is 0 Å². The third kappa shape index (κ3) is 4.66. The molecule has 2 amide bonds. The van der Waals surface area contributed by atoms with E-state index in [1.807, 2.05) is 37.3 Å². The van der Waals surface area contributed by atoms with Crippen molar-refractivity contribution in [3.8, 4) is 17.0 Å². The monoisotopic (exact) mass is 432 g/mol. The molecule has 32 heavy (non-hydrogen) atoms. The van der Waals surface area contributed by atoms with Crippen molar-refractivity contribution in [2.75, 3.05) is 7.11 Å². The van der Waals surface area contributed by atoms with Crippen LogP contribution in [-0.4, -0.2) is 35.2 Å². The number of hydrogen-bond acceptors (Lipinski definition) is 4. The molecule has 3 aromatic rings. The van der Waals surface area contributed by atoms with Crippen molar-refractivity contribution in [2.45, 2.75) is 45.2 Å². The Bertz CT molecular complexity index is 1100. The van der Waals surface area contributed by atoms with Gasteiger partial charge in [0, 0.05) is 23.8 Å². The number of hydrogen-bond donors (Lipinski definition) is 3. The third-order valence-electron chi connectivity index (χ3n) is 5.90. The van der Waals surface area contributed by atoms with E-state index in [-0.39, 0.29) is 17.9 Å². The fourth-order valence-electron chi connectivity index (χ4n) is 4.13. The zero-order valence-electron chi connectivity index (χ0n) is 18.4. The third-order valence-corrected chi connectivity index (χ3v) is 5.90. The summed E-state index contributed by atoms with van der Waals surface area (Å²) in [5.41, 5.74) is 4.28. The molecule has 0 unspecified atom stereocenters. The first-order valence-corrected chi connectivity index (χ1v) is 10.9. The molecule has 1 aliphatic carbocycles. The maximum absolute atomic E-state index is 12.9. The van der Waals surface area contributed by atoms with Crippen LogP contribution in [0.5, 0.6) is 5.75 Å². The molecule has 1 aromatic heterocycles. The first-order valence-electron chi connectivity index (χ1n) is 10.9. The molecule has 4 rings (SSSR count). The van der Waals surface area contributed by atoms with E-state index in [2.05, 4.69) is 20.8 Å². The number of carbonyl (C=O) groups is 2. The van der Waals surface area contributed by atoms with E-state index in [1.54, 1.807) is 25.3 Å². The molecule has 7 heteroatoms. The highest BCUT2D eigenvalue weighted by Gasteiger charge is 2.23. The number of H-pyrrole nitrogens is 1. The smallest absolute Gasteiger partial charge is 0.255 e. The Kier molecular flexibility index (Phi) is 6.54. The van der Waals surface area contributed by atoms with Crippen LogP contribution in [0.3, 0.4) is 0 Å². The normalized spacial score (nSPS) is 13.7. The number of carbonyl (C=O) groups excluding carboxylic acids is 2. The lowest BCUT2D eigenvalue weighted by atomic mass is 10.0. The summed E-state index contributed by atoms with van der Waals surface area (Å²) in [4.78, 5) is 25.4. The molecule has 1 fully saturated rings. The van der Waals surface area contributed by atoms with Gasteiger partial charge in [0.25, 0.3) is 11.8 Å². The number of rotatable bonds is 7. The Morgan fingerprint density at radius 1 is 1.06 bits per heavy atom. The summed E-state index contributed by atoms with van der Waals surface area (Å²) >= 11 is 0. The van der Waals surface area contributed by atoms with Gasteiger partial charge in [-0.2, -0.15) is 5.10 Å². The number of para-hydroxylation sites is 1. The molecule has 0 aliphatic heterocycles. The predicted octanol–water partition coefficient (Wildman–Crippen LogP) is 4.00. The average Bonchev–Trinajstić information content (AvgIpc) is 3.47. The van der Waals surface area contributed by atoms with Crippen LogP contribution < -0.4 is 15.4 Å². The SMILES string of the molecule is COc1ccccc1C(=O)NCc1ccc(-c2n[nH]c(C)c2C(=O)NC2CCCC2)cc1. The molecule has 1 heterocycles. The van der Waals surface area contributed by atoms with Crippen LogP contribution in [-0.2, 0) is 6.54 Å². The minimum absolute atomic E-state index is 0.0775. The van der Waals surface area contributed by atoms with Crippen LogP contribution in [0, 0.1) is 6.92 Å². The van der Waals surface area contributed by atoms with Crippen LogP contribution in [0.25, 0.3) is 11.3 Å². The number of ether oxygens (including phenoxy) is 1. The number of nitrogens with one attached hydrogen (secondary N) is 3. The summed E-state index contributed by atoms with van der Waals surface area (Å²) < 4.78 is 5.25. The Morgan fingerprint density at radius 3 is 2.50 bits per heavy atom. The molecule has 7 nitrogen and oxygen atoms in total. The molecular formula is C25H28N4O3. The molecule has 166 valence electrons. The minimum Gasteiger partial charge on any atom is -0.496 e. The summed E-state index contributed by atoms with van der Waals surface area (Å²) in [5, 5.41) is 13.4. The Balaban J connectivity index is 1.44. The van der Waals surface area contributed by atoms with Crippen molar-refractivity contribution in [3.63, 3.8) is 0 Å². The van der Waals surface area contributed by atoms with Crippen molar-refractivity contribution < 1.29 is 14.3 Å². The van der Waals surface area contributed by atoms with E-state index in [0.29, 0.717) is 29.1 Å². The van der Waals surface area contributed by atoms with Gasteiger partial charge in [0.2, 0.25) is 0 Å². The Labute approximate surface area is 187 Å². The standard InChI is InChI=1S/C25H28N4O3/c1-16-22(25(31)27-19-7-3-4-8-19)23(29-28-16)18-13-11-17(12-14-18)15-26-24(30)20-9-5-6-10-21(20)32-2/h5-6,9-14,19H,3-4,7-8,15H2,1-2H3,(H,26,30)(H,27,31)(H,28,29). The quantitative estimate of drug-likeness (QED) is 0.526. The van der Waals surface area contributed by atoms with E-state index in [9.17, 15) is 9.59 Å². The van der Waals surface area contributed by atoms with Gasteiger partial charge >= 0.3 is 0 Å². The predicted molar refractivity (Wildman–Crippen MR) is 123 cm³/mol. The maximum atomic E-state index is 12.9. The van der Waals surface area contributed by atoms with E-state index < -0.39 is 0 Å². The molecule has 1 aliphatic rings. The summed E-state index contributed by atoms with van der Waals surface area (Å²) in [6.07, 6.45) is 4.40. The Hall–Kier alpha value is -3.61. The molecular weight excluding hydrogens is 404 g/mol. The van der Waals surface area contributed by atoms with Gasteiger partial charge in [-0.15, -0.1) is 0 Å². The fourth-order valence-corrected chi connectivity index (χ4v) is 4.13. The highest BCUT2D eigenvalue weighted by molar-refractivity contribution is 6.01. The van der Waals surface area contributed by atoms with E-state index in [1.165, 1.54) is 0 Å². The van der Waals surface area contributed by atoms with Gasteiger partial charge in [-0.05, 0) is 37.5 Å². The van der Waals surface area contributed by atoms with Crippen molar-refractivity contribution >= 4 is 11.8 Å². The van der Waals surface area contributed by atoms with Crippen molar-refractivity contribution in [2.24, 2.45) is 0 Å². The molecule has 0 radical (unpaired) electrons. The summed E-state index contributed by atoms with van der Waals surface area (Å²) in [6.45, 7) is 2.24. The number of nitrogens with zero attached hydrogens (tertiary/aromatic N) is 1. The molecule has 0 spiro atoms. The lowest BCUT2D eigenvalue weighted by molar-refractivity contribution is 0.0933. The van der Waals surface area contributed by atoms with Crippen LogP contribution >= 0.6 is 0 Å². The molecule has 2 aromatic carbocycles. The topological polar surface area (TPSA) is 96.1 Å². The van der Waals surface area contributed by atoms with Crippen molar-refractivity contribution in [1.82, 2.24) is 20.8 Å². The van der Waals surface area contributed by atoms with Crippen LogP contribution in [0.4, 0.5) is 0 Å². The number of aromatic amines is 1. The maximum Gasteiger partial charge on any atom is 0.255 e. The number of benzene rings is 2. The van der Waals surface area contributed by atoms with E-state index in [0.717, 1.165) is 42.5 Å². The van der Waals surface area contributed by atoms with Gasteiger partial charge in [-0.1, -0.05) is 49.2 Å². The molecule has 0 atom stereocenters. The van der Waals surface area contributed by atoms with E-state index in [4.69, 9.17) is 4.74 Å². The van der Waals surface area contributed by atoms with Gasteiger partial charge in [0.05, 0.1) is 18.2 Å². The first-order chi connectivity index (χ1) is 15.6. The van der Waals surface area contributed by atoms with Crippen LogP contribution in [0.15, 0.2) is 48.5 Å². The number of aromatic nitrogens is 2. The van der Waals surface area contributed by atoms with Crippen LogP contribution in [0.1, 0.15) is 57.7 Å². The Morgan fingerprint density at radius 2 is 1.78 bits per heavy atom. The highest BCUT2D eigenvalue weighted by Crippen LogP contribution is 2.26. The zero-order chi connectivity index (χ0) is 22.5. The number of methoxy groups -OCH3 is 1. The highest BCUT2D eigenvalue weighted by atomic mass is 16.5. The lowest BCUT2D eigenvalue weighted by Crippen LogP contribution is -2.33. The minimum atomic E-state index is -0.194. The van der Waals surface area contributed by atoms with Crippen LogP contribution in [0.2, 0.25) is 0 Å². The zero-order valence-corrected chi connectivity index (χ0v) is 18.4. The largest absolute Gasteiger partial charge is 0.496 e. The number of amides is 2. The van der Waals surface area contributed by atoms with Gasteiger partial charge in [-0.3, -0.25) is 14.7 Å². The second kappa shape index (κ2) is 9.68. The summed E-state index contributed by atoms with van der Waals surface area (Å²) in [5.74, 6) is 0.268. The van der Waals surface area contributed by atoms with Gasteiger partial charge < -0.3 is 15.4 Å². The first kappa shape index (κ1) is 21.6. The summed E-state index contributed by atoms with van der Waals surface area (Å²) in [6, 6.07) is 15.1. The molecule has 3 N–H and O–H groups in total. The molecule has 0 bridgehead atoms. The van der Waals surface area contributed by atoms with E-state index >= 15 is 0 Å². The number of aryl methyl sites for hydroxylation is 1. The summed E-state index contributed by atoms with van der Waals surface area (Å²) in [7, 11) is 1.55.